The number of anilines is 1. The zero-order valence-corrected chi connectivity index (χ0v) is 13.0. The maximum atomic E-state index is 5.47. The average molecular weight is 278 g/mol. The Balaban J connectivity index is 2.25. The molecule has 0 aliphatic heterocycles. The molecule has 2 nitrogen and oxygen atoms in total. The summed E-state index contributed by atoms with van der Waals surface area (Å²) in [5.74, 6) is 6.09. The molecule has 0 saturated heterocycles. The highest BCUT2D eigenvalue weighted by molar-refractivity contribution is 5.55. The zero-order valence-electron chi connectivity index (χ0n) is 13.0. The molecule has 108 valence electrons. The molecule has 0 atom stereocenters. The number of rotatable bonds is 3. The molecule has 2 rings (SSSR count). The van der Waals surface area contributed by atoms with Crippen LogP contribution in [0.5, 0.6) is 0 Å². The molecule has 0 radical (unpaired) electrons. The van der Waals surface area contributed by atoms with E-state index in [0.29, 0.717) is 6.54 Å². The van der Waals surface area contributed by atoms with Gasteiger partial charge in [0.25, 0.3) is 0 Å². The minimum atomic E-state index is 0.390. The maximum absolute atomic E-state index is 5.47. The van der Waals surface area contributed by atoms with Crippen molar-refractivity contribution in [1.82, 2.24) is 0 Å². The fourth-order valence-corrected chi connectivity index (χ4v) is 2.50. The van der Waals surface area contributed by atoms with Crippen LogP contribution < -0.4 is 10.6 Å². The summed E-state index contributed by atoms with van der Waals surface area (Å²) in [6, 6.07) is 14.8. The number of aryl methyl sites for hydroxylation is 2. The molecule has 0 saturated carbocycles. The third kappa shape index (κ3) is 3.87. The summed E-state index contributed by atoms with van der Waals surface area (Å²) < 4.78 is 0. The highest BCUT2D eigenvalue weighted by Crippen LogP contribution is 2.22. The lowest BCUT2D eigenvalue weighted by molar-refractivity contribution is 0.914. The summed E-state index contributed by atoms with van der Waals surface area (Å²) in [7, 11) is 2.12. The summed E-state index contributed by atoms with van der Waals surface area (Å²) >= 11 is 0. The normalized spacial score (nSPS) is 9.90. The van der Waals surface area contributed by atoms with E-state index in [1.165, 1.54) is 22.4 Å². The lowest BCUT2D eigenvalue weighted by atomic mass is 10.1. The van der Waals surface area contributed by atoms with Crippen molar-refractivity contribution >= 4 is 5.69 Å². The molecule has 0 aromatic heterocycles. The van der Waals surface area contributed by atoms with Crippen LogP contribution in [-0.4, -0.2) is 13.6 Å². The van der Waals surface area contributed by atoms with Gasteiger partial charge in [-0.25, -0.2) is 0 Å². The second-order valence-corrected chi connectivity index (χ2v) is 5.31. The second-order valence-electron chi connectivity index (χ2n) is 5.31. The molecule has 21 heavy (non-hydrogen) atoms. The largest absolute Gasteiger partial charge is 0.370 e. The number of nitrogens with two attached hydrogens (primary N) is 1. The van der Waals surface area contributed by atoms with Gasteiger partial charge in [-0.3, -0.25) is 0 Å². The SMILES string of the molecule is Cc1ccc(N(C)Cc2ccccc2C#CCN)c(C)c1. The molecular weight excluding hydrogens is 256 g/mol. The van der Waals surface area contributed by atoms with E-state index < -0.39 is 0 Å². The van der Waals surface area contributed by atoms with Crippen molar-refractivity contribution < 1.29 is 0 Å². The fraction of sp³-hybridized carbons (Fsp3) is 0.263. The van der Waals surface area contributed by atoms with Crippen LogP contribution in [0.3, 0.4) is 0 Å². The van der Waals surface area contributed by atoms with Crippen LogP contribution in [0, 0.1) is 25.7 Å². The molecule has 0 aliphatic rings. The first kappa shape index (κ1) is 15.2. The van der Waals surface area contributed by atoms with Crippen LogP contribution in [0.1, 0.15) is 22.3 Å². The van der Waals surface area contributed by atoms with Crippen molar-refractivity contribution in [1.29, 1.82) is 0 Å². The van der Waals surface area contributed by atoms with Gasteiger partial charge in [0.05, 0.1) is 6.54 Å². The van der Waals surface area contributed by atoms with Crippen LogP contribution in [0.2, 0.25) is 0 Å². The monoisotopic (exact) mass is 278 g/mol. The Morgan fingerprint density at radius 2 is 1.86 bits per heavy atom. The predicted molar refractivity (Wildman–Crippen MR) is 90.4 cm³/mol. The van der Waals surface area contributed by atoms with Crippen molar-refractivity contribution in [3.63, 3.8) is 0 Å². The minimum absolute atomic E-state index is 0.390. The molecule has 0 fully saturated rings. The van der Waals surface area contributed by atoms with E-state index in [9.17, 15) is 0 Å². The number of benzene rings is 2. The Kier molecular flexibility index (Phi) is 5.03. The van der Waals surface area contributed by atoms with Gasteiger partial charge in [0.15, 0.2) is 0 Å². The van der Waals surface area contributed by atoms with Crippen LogP contribution in [0.4, 0.5) is 5.69 Å². The molecule has 2 aromatic carbocycles. The smallest absolute Gasteiger partial charge is 0.0555 e. The highest BCUT2D eigenvalue weighted by Gasteiger charge is 2.07. The minimum Gasteiger partial charge on any atom is -0.370 e. The number of hydrogen-bond donors (Lipinski definition) is 1. The van der Waals surface area contributed by atoms with Gasteiger partial charge in [0.2, 0.25) is 0 Å². The van der Waals surface area contributed by atoms with Crippen LogP contribution in [0.25, 0.3) is 0 Å². The first-order valence-electron chi connectivity index (χ1n) is 7.17. The first-order valence-corrected chi connectivity index (χ1v) is 7.17. The standard InChI is InChI=1S/C19H22N2/c1-15-10-11-19(16(2)13-15)21(3)14-18-8-5-4-7-17(18)9-6-12-20/h4-5,7-8,10-11,13H,12,14,20H2,1-3H3. The van der Waals surface area contributed by atoms with Crippen LogP contribution >= 0.6 is 0 Å². The Morgan fingerprint density at radius 3 is 2.57 bits per heavy atom. The van der Waals surface area contributed by atoms with E-state index >= 15 is 0 Å². The first-order chi connectivity index (χ1) is 10.1. The van der Waals surface area contributed by atoms with E-state index in [1.54, 1.807) is 0 Å². The summed E-state index contributed by atoms with van der Waals surface area (Å²) in [6.07, 6.45) is 0. The van der Waals surface area contributed by atoms with E-state index in [4.69, 9.17) is 5.73 Å². The summed E-state index contributed by atoms with van der Waals surface area (Å²) in [4.78, 5) is 2.26. The molecule has 0 amide bonds. The topological polar surface area (TPSA) is 29.3 Å². The molecule has 0 bridgehead atoms. The van der Waals surface area contributed by atoms with Gasteiger partial charge in [-0.1, -0.05) is 47.7 Å². The Bertz CT molecular complexity index is 677. The third-order valence-corrected chi connectivity index (χ3v) is 3.51. The van der Waals surface area contributed by atoms with Crippen molar-refractivity contribution in [3.8, 4) is 11.8 Å². The van der Waals surface area contributed by atoms with E-state index in [0.717, 1.165) is 12.1 Å². The molecular formula is C19H22N2. The Hall–Kier alpha value is -2.24. The van der Waals surface area contributed by atoms with Crippen molar-refractivity contribution in [3.05, 3.63) is 64.7 Å². The van der Waals surface area contributed by atoms with Crippen molar-refractivity contribution in [2.24, 2.45) is 5.73 Å². The van der Waals surface area contributed by atoms with Gasteiger partial charge in [-0.05, 0) is 37.1 Å². The van der Waals surface area contributed by atoms with Crippen molar-refractivity contribution in [2.45, 2.75) is 20.4 Å². The summed E-state index contributed by atoms with van der Waals surface area (Å²) in [5, 5.41) is 0. The highest BCUT2D eigenvalue weighted by atomic mass is 15.1. The quantitative estimate of drug-likeness (QED) is 0.873. The summed E-state index contributed by atoms with van der Waals surface area (Å²) in [6.45, 7) is 5.49. The molecule has 2 N–H and O–H groups in total. The number of hydrogen-bond acceptors (Lipinski definition) is 2. The van der Waals surface area contributed by atoms with Gasteiger partial charge in [-0.15, -0.1) is 0 Å². The lowest BCUT2D eigenvalue weighted by Gasteiger charge is -2.22. The third-order valence-electron chi connectivity index (χ3n) is 3.51. The van der Waals surface area contributed by atoms with Crippen molar-refractivity contribution in [2.75, 3.05) is 18.5 Å². The second kappa shape index (κ2) is 6.97. The fourth-order valence-electron chi connectivity index (χ4n) is 2.50. The van der Waals surface area contributed by atoms with Gasteiger partial charge in [0.1, 0.15) is 0 Å². The average Bonchev–Trinajstić information content (AvgIpc) is 2.46. The van der Waals surface area contributed by atoms with E-state index in [2.05, 4.69) is 68.0 Å². The Morgan fingerprint density at radius 1 is 1.10 bits per heavy atom. The van der Waals surface area contributed by atoms with Gasteiger partial charge in [-0.2, -0.15) is 0 Å². The van der Waals surface area contributed by atoms with E-state index in [-0.39, 0.29) is 0 Å². The molecule has 0 aliphatic carbocycles. The molecule has 0 spiro atoms. The maximum Gasteiger partial charge on any atom is 0.0555 e. The molecule has 2 aromatic rings. The van der Waals surface area contributed by atoms with Crippen LogP contribution in [0.15, 0.2) is 42.5 Å². The summed E-state index contributed by atoms with van der Waals surface area (Å²) in [5.41, 5.74) is 11.6. The Labute approximate surface area is 127 Å². The van der Waals surface area contributed by atoms with Gasteiger partial charge in [0, 0.05) is 24.8 Å². The lowest BCUT2D eigenvalue weighted by Crippen LogP contribution is -2.18. The van der Waals surface area contributed by atoms with Crippen LogP contribution in [-0.2, 0) is 6.54 Å². The predicted octanol–water partition coefficient (Wildman–Crippen LogP) is 3.25. The number of nitrogens with zero attached hydrogens (tertiary/aromatic N) is 1. The molecule has 2 heteroatoms. The molecule has 0 unspecified atom stereocenters. The van der Waals surface area contributed by atoms with Gasteiger partial charge >= 0.3 is 0 Å². The zero-order chi connectivity index (χ0) is 15.2. The van der Waals surface area contributed by atoms with Gasteiger partial charge < -0.3 is 10.6 Å². The molecule has 0 heterocycles. The van der Waals surface area contributed by atoms with E-state index in [1.807, 2.05) is 12.1 Å².